The van der Waals surface area contributed by atoms with Gasteiger partial charge in [0, 0.05) is 19.8 Å². The van der Waals surface area contributed by atoms with Gasteiger partial charge < -0.3 is 15.0 Å². The summed E-state index contributed by atoms with van der Waals surface area (Å²) >= 11 is 0. The molecular formula is C15H16N2O3. The van der Waals surface area contributed by atoms with Crippen LogP contribution in [0.5, 0.6) is 0 Å². The average Bonchev–Trinajstić information content (AvgIpc) is 2.85. The Morgan fingerprint density at radius 1 is 1.20 bits per heavy atom. The largest absolute Gasteiger partial charge is 0.478 e. The highest BCUT2D eigenvalue weighted by atomic mass is 16.4. The van der Waals surface area contributed by atoms with E-state index in [2.05, 4.69) is 5.32 Å². The van der Waals surface area contributed by atoms with Crippen molar-refractivity contribution in [3.8, 4) is 0 Å². The SMILES string of the molecule is Cn1cccc1C(=O)NCCc1ccc(C(=O)O)cc1. The molecule has 104 valence electrons. The number of aromatic carboxylic acids is 1. The van der Waals surface area contributed by atoms with Crippen LogP contribution in [0.3, 0.4) is 0 Å². The van der Waals surface area contributed by atoms with E-state index in [1.165, 1.54) is 0 Å². The van der Waals surface area contributed by atoms with Crippen LogP contribution < -0.4 is 5.32 Å². The summed E-state index contributed by atoms with van der Waals surface area (Å²) in [6, 6.07) is 10.2. The summed E-state index contributed by atoms with van der Waals surface area (Å²) in [5.74, 6) is -1.05. The van der Waals surface area contributed by atoms with Gasteiger partial charge in [0.25, 0.3) is 5.91 Å². The molecule has 2 N–H and O–H groups in total. The van der Waals surface area contributed by atoms with Gasteiger partial charge in [-0.1, -0.05) is 12.1 Å². The predicted octanol–water partition coefficient (Wildman–Crippen LogP) is 1.70. The molecule has 0 aliphatic rings. The van der Waals surface area contributed by atoms with Gasteiger partial charge >= 0.3 is 5.97 Å². The molecular weight excluding hydrogens is 256 g/mol. The fourth-order valence-electron chi connectivity index (χ4n) is 1.92. The summed E-state index contributed by atoms with van der Waals surface area (Å²) in [6.07, 6.45) is 2.48. The van der Waals surface area contributed by atoms with Gasteiger partial charge in [-0.15, -0.1) is 0 Å². The van der Waals surface area contributed by atoms with Crippen LogP contribution in [0.4, 0.5) is 0 Å². The normalized spacial score (nSPS) is 10.2. The highest BCUT2D eigenvalue weighted by molar-refractivity contribution is 5.92. The molecule has 1 amide bonds. The van der Waals surface area contributed by atoms with Gasteiger partial charge in [0.1, 0.15) is 5.69 Å². The minimum atomic E-state index is -0.937. The van der Waals surface area contributed by atoms with Crippen molar-refractivity contribution in [3.05, 3.63) is 59.4 Å². The molecule has 0 bridgehead atoms. The molecule has 1 heterocycles. The van der Waals surface area contributed by atoms with Gasteiger partial charge in [-0.25, -0.2) is 4.79 Å². The number of aromatic nitrogens is 1. The molecule has 1 aromatic heterocycles. The number of nitrogens with zero attached hydrogens (tertiary/aromatic N) is 1. The monoisotopic (exact) mass is 272 g/mol. The summed E-state index contributed by atoms with van der Waals surface area (Å²) in [6.45, 7) is 0.510. The molecule has 5 nitrogen and oxygen atoms in total. The molecule has 0 radical (unpaired) electrons. The molecule has 0 unspecified atom stereocenters. The maximum atomic E-state index is 11.9. The van der Waals surface area contributed by atoms with Gasteiger partial charge in [-0.05, 0) is 36.2 Å². The second-order valence-electron chi connectivity index (χ2n) is 4.51. The Balaban J connectivity index is 1.85. The molecule has 20 heavy (non-hydrogen) atoms. The first-order valence-corrected chi connectivity index (χ1v) is 6.29. The average molecular weight is 272 g/mol. The van der Waals surface area contributed by atoms with Crippen LogP contribution in [0.25, 0.3) is 0 Å². The number of nitrogens with one attached hydrogen (secondary N) is 1. The number of carbonyl (C=O) groups is 2. The summed E-state index contributed by atoms with van der Waals surface area (Å²) in [7, 11) is 1.82. The minimum absolute atomic E-state index is 0.111. The standard InChI is InChI=1S/C15H16N2O3/c1-17-10-2-3-13(17)14(18)16-9-8-11-4-6-12(7-5-11)15(19)20/h2-7,10H,8-9H2,1H3,(H,16,18)(H,19,20). The Labute approximate surface area is 116 Å². The predicted molar refractivity (Wildman–Crippen MR) is 74.9 cm³/mol. The van der Waals surface area contributed by atoms with E-state index in [1.807, 2.05) is 19.3 Å². The second-order valence-corrected chi connectivity index (χ2v) is 4.51. The molecule has 0 aliphatic heterocycles. The van der Waals surface area contributed by atoms with E-state index in [-0.39, 0.29) is 11.5 Å². The van der Waals surface area contributed by atoms with Gasteiger partial charge in [0.05, 0.1) is 5.56 Å². The van der Waals surface area contributed by atoms with Crippen molar-refractivity contribution in [1.29, 1.82) is 0 Å². The third-order valence-electron chi connectivity index (χ3n) is 3.08. The van der Waals surface area contributed by atoms with E-state index in [4.69, 9.17) is 5.11 Å². The maximum Gasteiger partial charge on any atom is 0.335 e. The van der Waals surface area contributed by atoms with E-state index in [0.29, 0.717) is 18.7 Å². The van der Waals surface area contributed by atoms with E-state index in [0.717, 1.165) is 5.56 Å². The Hall–Kier alpha value is -2.56. The van der Waals surface area contributed by atoms with Crippen LogP contribution in [0, 0.1) is 0 Å². The molecule has 0 fully saturated rings. The zero-order valence-corrected chi connectivity index (χ0v) is 11.2. The fourth-order valence-corrected chi connectivity index (χ4v) is 1.92. The van der Waals surface area contributed by atoms with Crippen molar-refractivity contribution in [3.63, 3.8) is 0 Å². The lowest BCUT2D eigenvalue weighted by molar-refractivity contribution is 0.0696. The molecule has 0 spiro atoms. The van der Waals surface area contributed by atoms with E-state index in [9.17, 15) is 9.59 Å². The molecule has 1 aromatic carbocycles. The fraction of sp³-hybridized carbons (Fsp3) is 0.200. The number of benzene rings is 1. The van der Waals surface area contributed by atoms with Crippen LogP contribution >= 0.6 is 0 Å². The number of amides is 1. The van der Waals surface area contributed by atoms with Crippen LogP contribution in [0.15, 0.2) is 42.6 Å². The van der Waals surface area contributed by atoms with E-state index < -0.39 is 5.97 Å². The number of carboxylic acids is 1. The van der Waals surface area contributed by atoms with Crippen LogP contribution in [-0.2, 0) is 13.5 Å². The highest BCUT2D eigenvalue weighted by Crippen LogP contribution is 2.05. The van der Waals surface area contributed by atoms with Crippen LogP contribution in [0.1, 0.15) is 26.4 Å². The van der Waals surface area contributed by atoms with Crippen LogP contribution in [-0.4, -0.2) is 28.1 Å². The van der Waals surface area contributed by atoms with Crippen molar-refractivity contribution in [2.45, 2.75) is 6.42 Å². The molecule has 2 rings (SSSR count). The number of hydrogen-bond donors (Lipinski definition) is 2. The van der Waals surface area contributed by atoms with Crippen molar-refractivity contribution in [1.82, 2.24) is 9.88 Å². The summed E-state index contributed by atoms with van der Waals surface area (Å²) in [5, 5.41) is 11.6. The number of rotatable bonds is 5. The Bertz CT molecular complexity index is 614. The number of aryl methyl sites for hydroxylation is 1. The number of carboxylic acid groups (broad SMARTS) is 1. The Morgan fingerprint density at radius 2 is 1.90 bits per heavy atom. The van der Waals surface area contributed by atoms with E-state index in [1.54, 1.807) is 34.9 Å². The lowest BCUT2D eigenvalue weighted by atomic mass is 10.1. The smallest absolute Gasteiger partial charge is 0.335 e. The molecule has 0 saturated heterocycles. The first-order valence-electron chi connectivity index (χ1n) is 6.29. The first kappa shape index (κ1) is 13.9. The highest BCUT2D eigenvalue weighted by Gasteiger charge is 2.07. The third kappa shape index (κ3) is 3.26. The summed E-state index contributed by atoms with van der Waals surface area (Å²) < 4.78 is 1.76. The molecule has 0 atom stereocenters. The van der Waals surface area contributed by atoms with Crippen molar-refractivity contribution in [2.24, 2.45) is 7.05 Å². The molecule has 5 heteroatoms. The Morgan fingerprint density at radius 3 is 2.45 bits per heavy atom. The number of carbonyl (C=O) groups excluding carboxylic acids is 1. The third-order valence-corrected chi connectivity index (χ3v) is 3.08. The minimum Gasteiger partial charge on any atom is -0.478 e. The molecule has 2 aromatic rings. The lowest BCUT2D eigenvalue weighted by Gasteiger charge is -2.06. The van der Waals surface area contributed by atoms with Crippen molar-refractivity contribution >= 4 is 11.9 Å². The quantitative estimate of drug-likeness (QED) is 0.870. The van der Waals surface area contributed by atoms with Gasteiger partial charge in [0.2, 0.25) is 0 Å². The van der Waals surface area contributed by atoms with Gasteiger partial charge in [0.15, 0.2) is 0 Å². The molecule has 0 saturated carbocycles. The molecule has 0 aliphatic carbocycles. The second kappa shape index (κ2) is 6.06. The lowest BCUT2D eigenvalue weighted by Crippen LogP contribution is -2.27. The van der Waals surface area contributed by atoms with Gasteiger partial charge in [-0.2, -0.15) is 0 Å². The van der Waals surface area contributed by atoms with Crippen LogP contribution in [0.2, 0.25) is 0 Å². The van der Waals surface area contributed by atoms with E-state index >= 15 is 0 Å². The Kier molecular flexibility index (Phi) is 4.20. The summed E-state index contributed by atoms with van der Waals surface area (Å²) in [5.41, 5.74) is 1.87. The van der Waals surface area contributed by atoms with Gasteiger partial charge in [-0.3, -0.25) is 4.79 Å². The van der Waals surface area contributed by atoms with Crippen molar-refractivity contribution < 1.29 is 14.7 Å². The zero-order valence-electron chi connectivity index (χ0n) is 11.2. The zero-order chi connectivity index (χ0) is 14.5. The summed E-state index contributed by atoms with van der Waals surface area (Å²) in [4.78, 5) is 22.6. The first-order chi connectivity index (χ1) is 9.58. The topological polar surface area (TPSA) is 71.3 Å². The maximum absolute atomic E-state index is 11.9. The number of hydrogen-bond acceptors (Lipinski definition) is 2. The van der Waals surface area contributed by atoms with Crippen molar-refractivity contribution in [2.75, 3.05) is 6.54 Å².